The molecule has 2 aromatic carbocycles. The van der Waals surface area contributed by atoms with Crippen LogP contribution in [0.25, 0.3) is 0 Å². The van der Waals surface area contributed by atoms with Crippen LogP contribution in [0, 0.1) is 0 Å². The number of methoxy groups -OCH3 is 4. The van der Waals surface area contributed by atoms with Crippen molar-refractivity contribution >= 4 is 46.3 Å². The van der Waals surface area contributed by atoms with E-state index in [9.17, 15) is 9.59 Å². The molecule has 0 spiro atoms. The molecule has 9 nitrogen and oxygen atoms in total. The molecule has 0 fully saturated rings. The topological polar surface area (TPSA) is 108 Å². The number of amides is 1. The Labute approximate surface area is 189 Å². The van der Waals surface area contributed by atoms with Gasteiger partial charge in [-0.1, -0.05) is 23.2 Å². The van der Waals surface area contributed by atoms with E-state index < -0.39 is 17.7 Å². The van der Waals surface area contributed by atoms with E-state index in [4.69, 9.17) is 42.1 Å². The number of halogens is 2. The van der Waals surface area contributed by atoms with E-state index in [2.05, 4.69) is 15.5 Å². The number of hydrogen-bond acceptors (Lipinski definition) is 8. The van der Waals surface area contributed by atoms with Crippen molar-refractivity contribution in [3.8, 4) is 23.0 Å². The molecule has 1 amide bonds. The van der Waals surface area contributed by atoms with E-state index in [0.717, 1.165) is 0 Å². The van der Waals surface area contributed by atoms with Gasteiger partial charge in [-0.3, -0.25) is 9.59 Å². The zero-order chi connectivity index (χ0) is 23.1. The third-order valence-electron chi connectivity index (χ3n) is 4.10. The van der Waals surface area contributed by atoms with Crippen LogP contribution in [-0.2, 0) is 9.59 Å². The molecule has 1 unspecified atom stereocenters. The van der Waals surface area contributed by atoms with Crippen LogP contribution < -0.4 is 24.3 Å². The number of nitrogens with zero attached hydrogens (tertiary/aromatic N) is 2. The first kappa shape index (κ1) is 24.2. The first-order valence-corrected chi connectivity index (χ1v) is 9.56. The van der Waals surface area contributed by atoms with Crippen molar-refractivity contribution in [2.75, 3.05) is 33.8 Å². The van der Waals surface area contributed by atoms with Crippen LogP contribution in [0.1, 0.15) is 6.92 Å². The van der Waals surface area contributed by atoms with Gasteiger partial charge in [0.25, 0.3) is 5.91 Å². The Hall–Kier alpha value is -3.04. The lowest BCUT2D eigenvalue weighted by Crippen LogP contribution is -2.32. The zero-order valence-electron chi connectivity index (χ0n) is 17.5. The maximum absolute atomic E-state index is 12.8. The quantitative estimate of drug-likeness (QED) is 0.420. The van der Waals surface area contributed by atoms with Crippen molar-refractivity contribution in [2.24, 2.45) is 10.2 Å². The predicted octanol–water partition coefficient (Wildman–Crippen LogP) is 4.71. The van der Waals surface area contributed by atoms with Crippen LogP contribution >= 0.6 is 23.2 Å². The zero-order valence-corrected chi connectivity index (χ0v) is 19.0. The van der Waals surface area contributed by atoms with Crippen LogP contribution in [0.4, 0.5) is 11.4 Å². The average molecular weight is 470 g/mol. The smallest absolute Gasteiger partial charge is 0.258 e. The first-order chi connectivity index (χ1) is 14.7. The van der Waals surface area contributed by atoms with Crippen molar-refractivity contribution in [1.82, 2.24) is 0 Å². The fraction of sp³-hybridized carbons (Fsp3) is 0.300. The summed E-state index contributed by atoms with van der Waals surface area (Å²) in [6.07, 6.45) is 0. The number of anilines is 1. The molecule has 31 heavy (non-hydrogen) atoms. The molecule has 0 radical (unpaired) electrons. The van der Waals surface area contributed by atoms with Gasteiger partial charge in [-0.25, -0.2) is 0 Å². The summed E-state index contributed by atoms with van der Waals surface area (Å²) >= 11 is 12.3. The van der Waals surface area contributed by atoms with Gasteiger partial charge in [-0.15, -0.1) is 0 Å². The van der Waals surface area contributed by atoms with Gasteiger partial charge in [0, 0.05) is 24.3 Å². The van der Waals surface area contributed by atoms with Gasteiger partial charge in [0.2, 0.25) is 6.04 Å². The van der Waals surface area contributed by atoms with Gasteiger partial charge >= 0.3 is 0 Å². The van der Waals surface area contributed by atoms with E-state index in [1.54, 1.807) is 0 Å². The summed E-state index contributed by atoms with van der Waals surface area (Å²) in [6, 6.07) is 4.54. The molecule has 0 bridgehead atoms. The highest BCUT2D eigenvalue weighted by Gasteiger charge is 2.26. The third kappa shape index (κ3) is 5.77. The molecule has 166 valence electrons. The number of hydrogen-bond donors (Lipinski definition) is 1. The molecule has 2 aromatic rings. The van der Waals surface area contributed by atoms with Gasteiger partial charge in [-0.05, 0) is 6.92 Å². The molecule has 11 heteroatoms. The fourth-order valence-corrected chi connectivity index (χ4v) is 2.99. The summed E-state index contributed by atoms with van der Waals surface area (Å²) in [4.78, 5) is 24.9. The van der Waals surface area contributed by atoms with E-state index in [0.29, 0.717) is 16.5 Å². The van der Waals surface area contributed by atoms with Gasteiger partial charge in [0.05, 0.1) is 38.5 Å². The van der Waals surface area contributed by atoms with E-state index in [-0.39, 0.29) is 27.9 Å². The summed E-state index contributed by atoms with van der Waals surface area (Å²) in [6.45, 7) is 1.22. The number of Topliss-reactive ketones (excluding diaryl/α,β-unsaturated/α-hetero) is 1. The minimum Gasteiger partial charge on any atom is -0.497 e. The summed E-state index contributed by atoms with van der Waals surface area (Å²) in [5.41, 5.74) is 0.394. The maximum Gasteiger partial charge on any atom is 0.258 e. The molecule has 0 aliphatic heterocycles. The van der Waals surface area contributed by atoms with Crippen LogP contribution in [0.2, 0.25) is 10.0 Å². The normalized spacial score (nSPS) is 11.7. The fourth-order valence-electron chi connectivity index (χ4n) is 2.51. The van der Waals surface area contributed by atoms with Gasteiger partial charge in [-0.2, -0.15) is 10.2 Å². The summed E-state index contributed by atoms with van der Waals surface area (Å²) < 4.78 is 20.7. The summed E-state index contributed by atoms with van der Waals surface area (Å²) in [5.74, 6) is 0.0193. The number of benzene rings is 2. The van der Waals surface area contributed by atoms with Crippen LogP contribution in [0.3, 0.4) is 0 Å². The second kappa shape index (κ2) is 10.8. The molecule has 0 saturated heterocycles. The van der Waals surface area contributed by atoms with E-state index in [1.807, 2.05) is 0 Å². The predicted molar refractivity (Wildman–Crippen MR) is 117 cm³/mol. The van der Waals surface area contributed by atoms with Crippen LogP contribution in [0.15, 0.2) is 34.5 Å². The number of nitrogens with one attached hydrogen (secondary N) is 1. The minimum atomic E-state index is -1.45. The third-order valence-corrected chi connectivity index (χ3v) is 4.69. The summed E-state index contributed by atoms with van der Waals surface area (Å²) in [5, 5.41) is 10.9. The molecule has 1 N–H and O–H groups in total. The highest BCUT2D eigenvalue weighted by molar-refractivity contribution is 6.34. The molecule has 1 atom stereocenters. The Bertz CT molecular complexity index is 1010. The Morgan fingerprint density at radius 2 is 1.52 bits per heavy atom. The van der Waals surface area contributed by atoms with E-state index >= 15 is 0 Å². The molecule has 0 aliphatic carbocycles. The van der Waals surface area contributed by atoms with Gasteiger partial charge in [0.15, 0.2) is 5.78 Å². The monoisotopic (exact) mass is 469 g/mol. The Balaban J connectivity index is 2.36. The van der Waals surface area contributed by atoms with E-state index in [1.165, 1.54) is 59.6 Å². The van der Waals surface area contributed by atoms with Gasteiger partial charge < -0.3 is 24.3 Å². The van der Waals surface area contributed by atoms with Crippen molar-refractivity contribution < 1.29 is 28.5 Å². The molecule has 0 aliphatic rings. The Morgan fingerprint density at radius 1 is 0.871 bits per heavy atom. The van der Waals surface area contributed by atoms with Crippen LogP contribution in [0.5, 0.6) is 23.0 Å². The van der Waals surface area contributed by atoms with Crippen molar-refractivity contribution in [1.29, 1.82) is 0 Å². The lowest BCUT2D eigenvalue weighted by Gasteiger charge is -2.15. The Morgan fingerprint density at radius 3 is 2.06 bits per heavy atom. The number of azo groups is 1. The number of ketones is 1. The largest absolute Gasteiger partial charge is 0.497 e. The SMILES string of the molecule is COc1cc(Cl)c(NC(=O)C(N=Nc2cc(OC)c(Cl)cc2OC)C(C)=O)c(OC)c1. The highest BCUT2D eigenvalue weighted by Crippen LogP contribution is 2.39. The standard InChI is InChI=1S/C20H21Cl2N3O6/c1-10(26)18(25-24-14-9-15(29-3)12(21)8-16(14)30-4)20(27)23-19-13(22)6-11(28-2)7-17(19)31-5/h6-9,18H,1-5H3,(H,23,27). The average Bonchev–Trinajstić information content (AvgIpc) is 2.75. The molecule has 2 rings (SSSR count). The van der Waals surface area contributed by atoms with Crippen molar-refractivity contribution in [3.05, 3.63) is 34.3 Å². The maximum atomic E-state index is 12.8. The molecule has 0 aromatic heterocycles. The highest BCUT2D eigenvalue weighted by atomic mass is 35.5. The van der Waals surface area contributed by atoms with Gasteiger partial charge in [0.1, 0.15) is 34.4 Å². The number of ether oxygens (including phenoxy) is 4. The molecule has 0 heterocycles. The number of carbonyl (C=O) groups excluding carboxylic acids is 2. The Kier molecular flexibility index (Phi) is 8.47. The lowest BCUT2D eigenvalue weighted by atomic mass is 10.2. The molecular weight excluding hydrogens is 449 g/mol. The first-order valence-electron chi connectivity index (χ1n) is 8.80. The minimum absolute atomic E-state index is 0.160. The lowest BCUT2D eigenvalue weighted by molar-refractivity contribution is -0.126. The second-order valence-corrected chi connectivity index (χ2v) is 6.88. The van der Waals surface area contributed by atoms with Crippen molar-refractivity contribution in [3.63, 3.8) is 0 Å². The molecular formula is C20H21Cl2N3O6. The molecule has 0 saturated carbocycles. The summed E-state index contributed by atoms with van der Waals surface area (Å²) in [7, 11) is 5.73. The second-order valence-electron chi connectivity index (χ2n) is 6.06. The van der Waals surface area contributed by atoms with Crippen molar-refractivity contribution in [2.45, 2.75) is 13.0 Å². The number of carbonyl (C=O) groups is 2. The number of rotatable bonds is 9. The van der Waals surface area contributed by atoms with Crippen LogP contribution in [-0.4, -0.2) is 46.2 Å².